The number of rotatable bonds is 7. The van der Waals surface area contributed by atoms with Crippen LogP contribution in [0.3, 0.4) is 0 Å². The van der Waals surface area contributed by atoms with Crippen LogP contribution < -0.4 is 0 Å². The summed E-state index contributed by atoms with van der Waals surface area (Å²) in [7, 11) is 1.18. The first-order chi connectivity index (χ1) is 7.31. The quantitative estimate of drug-likeness (QED) is 0.530. The molecule has 1 atom stereocenters. The van der Waals surface area contributed by atoms with Crippen LogP contribution in [-0.4, -0.2) is 43.1 Å². The van der Waals surface area contributed by atoms with Gasteiger partial charge in [0.1, 0.15) is 0 Å². The van der Waals surface area contributed by atoms with Crippen molar-refractivity contribution in [3.8, 4) is 0 Å². The van der Waals surface area contributed by atoms with Crippen molar-refractivity contribution >= 4 is 37.4 Å². The molecule has 16 heavy (non-hydrogen) atoms. The van der Waals surface area contributed by atoms with Crippen LogP contribution in [0.2, 0.25) is 39.3 Å². The normalized spacial score (nSPS) is 13.1. The second-order valence-corrected chi connectivity index (χ2v) is 10.6. The summed E-state index contributed by atoms with van der Waals surface area (Å²) in [5.41, 5.74) is -0.124. The largest absolute Gasteiger partial charge is 0.519 e. The van der Waals surface area contributed by atoms with Gasteiger partial charge in [-0.15, -0.1) is 0 Å². The molecule has 0 saturated heterocycles. The fourth-order valence-electron chi connectivity index (χ4n) is 0.903. The summed E-state index contributed by atoms with van der Waals surface area (Å²) in [4.78, 5) is 0. The molecule has 7 heteroatoms. The Bertz CT molecular complexity index is 207. The summed E-state index contributed by atoms with van der Waals surface area (Å²) in [5, 5.41) is 0. The smallest absolute Gasteiger partial charge is 0.278 e. The second-order valence-electron chi connectivity index (χ2n) is 3.95. The Hall–Kier alpha value is 0.168. The topological polar surface area (TPSA) is 27.7 Å². The molecule has 0 aromatic rings. The Morgan fingerprint density at radius 2 is 1.38 bits per heavy atom. The van der Waals surface area contributed by atoms with Crippen molar-refractivity contribution in [2.45, 2.75) is 45.0 Å². The first-order valence-electron chi connectivity index (χ1n) is 5.17. The summed E-state index contributed by atoms with van der Waals surface area (Å²) in [6.45, 7) is 12.5. The van der Waals surface area contributed by atoms with E-state index in [-0.39, 0.29) is 5.73 Å². The molecule has 90 valence electrons. The van der Waals surface area contributed by atoms with Gasteiger partial charge in [-0.1, -0.05) is 0 Å². The van der Waals surface area contributed by atoms with Crippen LogP contribution in [0.25, 0.3) is 0 Å². The molecular weight excluding hydrogens is 268 g/mol. The van der Waals surface area contributed by atoms with Crippen LogP contribution in [0.4, 0.5) is 0 Å². The van der Waals surface area contributed by atoms with E-state index < -0.39 is 27.1 Å². The van der Waals surface area contributed by atoms with Crippen LogP contribution in [0, 0.1) is 0 Å². The number of hydrogen-bond acceptors (Lipinski definition) is 3. The van der Waals surface area contributed by atoms with Crippen molar-refractivity contribution in [3.63, 3.8) is 0 Å². The lowest BCUT2D eigenvalue weighted by molar-refractivity contribution is 0.220. The first-order valence-corrected chi connectivity index (χ1v) is 13.0. The van der Waals surface area contributed by atoms with E-state index in [4.69, 9.17) is 13.3 Å². The average Bonchev–Trinajstić information content (AvgIpc) is 1.97. The first kappa shape index (κ1) is 16.2. The molecule has 0 fully saturated rings. The Morgan fingerprint density at radius 3 is 1.69 bits per heavy atom. The van der Waals surface area contributed by atoms with Crippen molar-refractivity contribution in [1.29, 1.82) is 0 Å². The summed E-state index contributed by atoms with van der Waals surface area (Å²) in [5.74, 6) is 0.612. The molecule has 3 nitrogen and oxygen atoms in total. The minimum Gasteiger partial charge on any atom is -0.519 e. The lowest BCUT2D eigenvalue weighted by Gasteiger charge is -2.19. The Labute approximate surface area is 108 Å². The monoisotopic (exact) mass is 288 g/mol. The third-order valence-corrected chi connectivity index (χ3v) is 3.72. The van der Waals surface area contributed by atoms with Crippen LogP contribution in [0.5, 0.6) is 0 Å². The van der Waals surface area contributed by atoms with Gasteiger partial charge in [0.2, 0.25) is 15.0 Å². The van der Waals surface area contributed by atoms with Gasteiger partial charge in [-0.2, -0.15) is 0 Å². The summed E-state index contributed by atoms with van der Waals surface area (Å²) < 4.78 is 17.0. The standard InChI is InChI=1S/C9H20O3Si4/c1-14(2)10-8(11-15(3)4)7-9(13)12-16(5)6/h7,9H,1-6H3. The Balaban J connectivity index is 4.40. The molecule has 0 aromatic heterocycles. The minimum atomic E-state index is -0.797. The molecule has 0 aliphatic rings. The zero-order valence-electron chi connectivity index (χ0n) is 10.9. The van der Waals surface area contributed by atoms with E-state index >= 15 is 0 Å². The van der Waals surface area contributed by atoms with Gasteiger partial charge < -0.3 is 13.3 Å². The molecule has 0 spiro atoms. The van der Waals surface area contributed by atoms with Crippen molar-refractivity contribution in [2.75, 3.05) is 0 Å². The van der Waals surface area contributed by atoms with Crippen molar-refractivity contribution in [1.82, 2.24) is 0 Å². The maximum absolute atomic E-state index is 5.68. The molecule has 6 radical (unpaired) electrons. The lowest BCUT2D eigenvalue weighted by Crippen LogP contribution is -2.22. The van der Waals surface area contributed by atoms with Crippen LogP contribution in [0.15, 0.2) is 12.0 Å². The highest BCUT2D eigenvalue weighted by Gasteiger charge is 2.11. The zero-order chi connectivity index (χ0) is 12.7. The van der Waals surface area contributed by atoms with E-state index in [0.717, 1.165) is 0 Å². The molecule has 0 aliphatic carbocycles. The van der Waals surface area contributed by atoms with Gasteiger partial charge in [0.15, 0.2) is 0 Å². The van der Waals surface area contributed by atoms with Crippen molar-refractivity contribution in [2.24, 2.45) is 0 Å². The Kier molecular flexibility index (Phi) is 8.37. The van der Waals surface area contributed by atoms with E-state index in [2.05, 4.69) is 49.5 Å². The average molecular weight is 289 g/mol. The summed E-state index contributed by atoms with van der Waals surface area (Å²) in [6, 6.07) is 0. The lowest BCUT2D eigenvalue weighted by atomic mass is 10.6. The predicted molar refractivity (Wildman–Crippen MR) is 73.3 cm³/mol. The molecule has 1 unspecified atom stereocenters. The van der Waals surface area contributed by atoms with E-state index in [1.54, 1.807) is 0 Å². The van der Waals surface area contributed by atoms with Gasteiger partial charge in [-0.05, 0) is 39.3 Å². The van der Waals surface area contributed by atoms with Crippen LogP contribution in [-0.2, 0) is 13.3 Å². The fraction of sp³-hybridized carbons (Fsp3) is 0.778. The summed E-state index contributed by atoms with van der Waals surface area (Å²) in [6.07, 6.45) is 1.86. The number of hydrogen-bond donors (Lipinski definition) is 0. The minimum absolute atomic E-state index is 0.124. The molecule has 0 saturated carbocycles. The van der Waals surface area contributed by atoms with E-state index in [1.807, 2.05) is 6.08 Å². The maximum atomic E-state index is 5.68. The molecule has 0 rings (SSSR count). The SMILES string of the molecule is C[Si](C)OC(=CC([Si])O[Si](C)C)O[Si](C)C. The molecule has 0 aliphatic heterocycles. The fourth-order valence-corrected chi connectivity index (χ4v) is 3.43. The van der Waals surface area contributed by atoms with Crippen LogP contribution in [0.1, 0.15) is 0 Å². The van der Waals surface area contributed by atoms with Gasteiger partial charge in [0.25, 0.3) is 18.1 Å². The highest BCUT2D eigenvalue weighted by atomic mass is 28.3. The van der Waals surface area contributed by atoms with Gasteiger partial charge >= 0.3 is 0 Å². The molecular formula is C9H20O3Si4. The molecule has 0 aromatic carbocycles. The third-order valence-electron chi connectivity index (χ3n) is 1.26. The zero-order valence-corrected chi connectivity index (χ0v) is 14.9. The van der Waals surface area contributed by atoms with Crippen molar-refractivity contribution in [3.05, 3.63) is 12.0 Å². The van der Waals surface area contributed by atoms with Gasteiger partial charge in [0.05, 0.1) is 16.0 Å². The van der Waals surface area contributed by atoms with Crippen LogP contribution >= 0.6 is 0 Å². The van der Waals surface area contributed by atoms with Crippen molar-refractivity contribution < 1.29 is 13.3 Å². The molecule has 0 heterocycles. The Morgan fingerprint density at radius 1 is 0.938 bits per heavy atom. The predicted octanol–water partition coefficient (Wildman–Crippen LogP) is 2.13. The highest BCUT2D eigenvalue weighted by molar-refractivity contribution is 6.50. The molecule has 0 amide bonds. The molecule has 0 bridgehead atoms. The molecule has 0 N–H and O–H groups in total. The summed E-state index contributed by atoms with van der Waals surface area (Å²) >= 11 is 0. The van der Waals surface area contributed by atoms with E-state index in [9.17, 15) is 0 Å². The van der Waals surface area contributed by atoms with Gasteiger partial charge in [-0.25, -0.2) is 0 Å². The van der Waals surface area contributed by atoms with E-state index in [1.165, 1.54) is 0 Å². The maximum Gasteiger partial charge on any atom is 0.278 e. The van der Waals surface area contributed by atoms with E-state index in [0.29, 0.717) is 5.95 Å². The van der Waals surface area contributed by atoms with Gasteiger partial charge in [0, 0.05) is 6.08 Å². The van der Waals surface area contributed by atoms with Gasteiger partial charge in [-0.3, -0.25) is 0 Å². The highest BCUT2D eigenvalue weighted by Crippen LogP contribution is 2.07. The second kappa shape index (κ2) is 8.29. The third kappa shape index (κ3) is 9.40.